The van der Waals surface area contributed by atoms with Crippen molar-refractivity contribution in [3.05, 3.63) is 58.7 Å². The molecule has 0 N–H and O–H groups in total. The lowest BCUT2D eigenvalue weighted by molar-refractivity contribution is -0.125. The maximum Gasteiger partial charge on any atom is 0.246 e. The Bertz CT molecular complexity index is 637. The Balaban J connectivity index is 2.76. The molecule has 0 atom stereocenters. The Hall–Kier alpha value is -1.83. The van der Waals surface area contributed by atoms with Crippen molar-refractivity contribution in [1.82, 2.24) is 4.90 Å². The van der Waals surface area contributed by atoms with E-state index < -0.39 is 0 Å². The van der Waals surface area contributed by atoms with E-state index in [1.165, 1.54) is 36.0 Å². The molecule has 0 unspecified atom stereocenters. The zero-order chi connectivity index (χ0) is 19.7. The molecule has 0 aromatic carbocycles. The van der Waals surface area contributed by atoms with Gasteiger partial charge in [0, 0.05) is 19.2 Å². The third-order valence-corrected chi connectivity index (χ3v) is 5.20. The summed E-state index contributed by atoms with van der Waals surface area (Å²) in [6, 6.07) is 0. The highest BCUT2D eigenvalue weighted by Gasteiger charge is 2.26. The van der Waals surface area contributed by atoms with Crippen molar-refractivity contribution >= 4 is 5.91 Å². The normalized spacial score (nSPS) is 18.9. The van der Waals surface area contributed by atoms with Crippen LogP contribution in [0.25, 0.3) is 0 Å². The number of nitrogens with zero attached hydrogens (tertiary/aromatic N) is 1. The first-order valence-corrected chi connectivity index (χ1v) is 9.91. The topological polar surface area (TPSA) is 20.3 Å². The molecule has 0 fully saturated rings. The average Bonchev–Trinajstić information content (AvgIpc) is 2.54. The zero-order valence-corrected chi connectivity index (χ0v) is 17.9. The van der Waals surface area contributed by atoms with Crippen molar-refractivity contribution < 1.29 is 4.79 Å². The van der Waals surface area contributed by atoms with Crippen molar-refractivity contribution in [2.75, 3.05) is 13.1 Å². The molecule has 1 aliphatic rings. The molecule has 0 spiro atoms. The number of carbonyl (C=O) groups excluding carboxylic acids is 1. The number of hydrogen-bond acceptors (Lipinski definition) is 1. The van der Waals surface area contributed by atoms with Crippen LogP contribution in [0.3, 0.4) is 0 Å². The molecule has 1 amide bonds. The maximum absolute atomic E-state index is 12.1. The Morgan fingerprint density at radius 1 is 1.12 bits per heavy atom. The van der Waals surface area contributed by atoms with Crippen LogP contribution >= 0.6 is 0 Å². The lowest BCUT2D eigenvalue weighted by Crippen LogP contribution is -2.28. The van der Waals surface area contributed by atoms with Crippen LogP contribution in [0.2, 0.25) is 0 Å². The summed E-state index contributed by atoms with van der Waals surface area (Å²) in [6.45, 7) is 16.5. The molecule has 0 saturated carbocycles. The fraction of sp³-hybridized carbons (Fsp3) is 0.542. The Kier molecular flexibility index (Phi) is 8.84. The van der Waals surface area contributed by atoms with Gasteiger partial charge in [-0.1, -0.05) is 55.4 Å². The summed E-state index contributed by atoms with van der Waals surface area (Å²) in [5.74, 6) is 0.0830. The minimum absolute atomic E-state index is 0.0830. The molecular formula is C24H37NO. The lowest BCUT2D eigenvalue weighted by atomic mass is 9.72. The number of rotatable bonds is 7. The summed E-state index contributed by atoms with van der Waals surface area (Å²) in [4.78, 5) is 13.9. The van der Waals surface area contributed by atoms with Gasteiger partial charge in [0.1, 0.15) is 0 Å². The third-order valence-electron chi connectivity index (χ3n) is 5.20. The third kappa shape index (κ3) is 6.82. The largest absolute Gasteiger partial charge is 0.340 e. The van der Waals surface area contributed by atoms with Gasteiger partial charge in [-0.15, -0.1) is 0 Å². The van der Waals surface area contributed by atoms with E-state index >= 15 is 0 Å². The predicted molar refractivity (Wildman–Crippen MR) is 114 cm³/mol. The number of likely N-dealkylation sites (N-methyl/N-ethyl adjacent to an activating group) is 1. The van der Waals surface area contributed by atoms with Crippen molar-refractivity contribution in [2.45, 2.75) is 67.7 Å². The van der Waals surface area contributed by atoms with Crippen LogP contribution in [0.5, 0.6) is 0 Å². The van der Waals surface area contributed by atoms with Crippen LogP contribution in [-0.2, 0) is 4.79 Å². The van der Waals surface area contributed by atoms with E-state index in [0.717, 1.165) is 18.7 Å². The minimum atomic E-state index is 0.0830. The zero-order valence-electron chi connectivity index (χ0n) is 17.9. The van der Waals surface area contributed by atoms with Crippen LogP contribution in [-0.4, -0.2) is 23.9 Å². The molecule has 1 aliphatic carbocycles. The van der Waals surface area contributed by atoms with Crippen LogP contribution in [0.1, 0.15) is 67.7 Å². The second kappa shape index (κ2) is 10.4. The summed E-state index contributed by atoms with van der Waals surface area (Å²) in [6.07, 6.45) is 16.1. The Morgan fingerprint density at radius 3 is 2.35 bits per heavy atom. The fourth-order valence-electron chi connectivity index (χ4n) is 3.50. The molecule has 144 valence electrons. The highest BCUT2D eigenvalue weighted by atomic mass is 16.2. The predicted octanol–water partition coefficient (Wildman–Crippen LogP) is 6.39. The molecule has 26 heavy (non-hydrogen) atoms. The summed E-state index contributed by atoms with van der Waals surface area (Å²) in [7, 11) is 0. The molecule has 2 nitrogen and oxygen atoms in total. The smallest absolute Gasteiger partial charge is 0.246 e. The van der Waals surface area contributed by atoms with Gasteiger partial charge in [0.05, 0.1) is 0 Å². The maximum atomic E-state index is 12.1. The molecule has 2 heteroatoms. The molecule has 0 radical (unpaired) electrons. The number of carbonyl (C=O) groups is 1. The van der Waals surface area contributed by atoms with Gasteiger partial charge >= 0.3 is 0 Å². The molecular weight excluding hydrogens is 318 g/mol. The van der Waals surface area contributed by atoms with Crippen molar-refractivity contribution in [2.24, 2.45) is 5.41 Å². The lowest BCUT2D eigenvalue weighted by Gasteiger charge is -2.32. The van der Waals surface area contributed by atoms with Gasteiger partial charge in [0.15, 0.2) is 0 Å². The SMILES string of the molecule is CCN(CC)C(=O)C=C(C)C=CC=C(C)C=CC1=C(C)CCCC1(C)C. The summed E-state index contributed by atoms with van der Waals surface area (Å²) >= 11 is 0. The highest BCUT2D eigenvalue weighted by molar-refractivity contribution is 5.88. The van der Waals surface area contributed by atoms with Crippen LogP contribution < -0.4 is 0 Å². The second-order valence-corrected chi connectivity index (χ2v) is 7.93. The number of amides is 1. The molecule has 0 aromatic rings. The van der Waals surface area contributed by atoms with E-state index in [1.807, 2.05) is 37.8 Å². The van der Waals surface area contributed by atoms with Gasteiger partial charge in [0.2, 0.25) is 5.91 Å². The van der Waals surface area contributed by atoms with Crippen LogP contribution in [0, 0.1) is 5.41 Å². The van der Waals surface area contributed by atoms with Crippen LogP contribution in [0.4, 0.5) is 0 Å². The molecule has 1 rings (SSSR count). The van der Waals surface area contributed by atoms with Gasteiger partial charge in [-0.3, -0.25) is 4.79 Å². The van der Waals surface area contributed by atoms with Crippen LogP contribution in [0.15, 0.2) is 58.7 Å². The van der Waals surface area contributed by atoms with Gasteiger partial charge in [-0.2, -0.15) is 0 Å². The van der Waals surface area contributed by atoms with Gasteiger partial charge in [-0.25, -0.2) is 0 Å². The minimum Gasteiger partial charge on any atom is -0.340 e. The van der Waals surface area contributed by atoms with E-state index in [2.05, 4.69) is 45.9 Å². The first kappa shape index (κ1) is 22.2. The van der Waals surface area contributed by atoms with Gasteiger partial charge in [-0.05, 0) is 70.4 Å². The first-order valence-electron chi connectivity index (χ1n) is 9.91. The molecule has 0 aliphatic heterocycles. The summed E-state index contributed by atoms with van der Waals surface area (Å²) < 4.78 is 0. The quantitative estimate of drug-likeness (QED) is 0.383. The highest BCUT2D eigenvalue weighted by Crippen LogP contribution is 2.40. The van der Waals surface area contributed by atoms with Crippen molar-refractivity contribution in [1.29, 1.82) is 0 Å². The van der Waals surface area contributed by atoms with E-state index in [-0.39, 0.29) is 11.3 Å². The average molecular weight is 356 g/mol. The van der Waals surface area contributed by atoms with Crippen molar-refractivity contribution in [3.63, 3.8) is 0 Å². The number of hydrogen-bond donors (Lipinski definition) is 0. The van der Waals surface area contributed by atoms with Crippen molar-refractivity contribution in [3.8, 4) is 0 Å². The van der Waals surface area contributed by atoms with E-state index in [1.54, 1.807) is 6.08 Å². The van der Waals surface area contributed by atoms with Gasteiger partial charge in [0.25, 0.3) is 0 Å². The Labute approximate surface area is 161 Å². The molecule has 0 aromatic heterocycles. The molecule has 0 bridgehead atoms. The second-order valence-electron chi connectivity index (χ2n) is 7.93. The Morgan fingerprint density at radius 2 is 1.77 bits per heavy atom. The van der Waals surface area contributed by atoms with Gasteiger partial charge < -0.3 is 4.90 Å². The summed E-state index contributed by atoms with van der Waals surface area (Å²) in [5, 5.41) is 0. The molecule has 0 heterocycles. The fourth-order valence-corrected chi connectivity index (χ4v) is 3.50. The standard InChI is InChI=1S/C24H37NO/c1-8-25(9-2)23(26)18-20(4)13-10-12-19(3)15-16-22-21(5)14-11-17-24(22,6)7/h10,12-13,15-16,18H,8-9,11,14,17H2,1-7H3. The summed E-state index contributed by atoms with van der Waals surface area (Å²) in [5.41, 5.74) is 5.47. The van der Waals surface area contributed by atoms with E-state index in [0.29, 0.717) is 0 Å². The van der Waals surface area contributed by atoms with E-state index in [4.69, 9.17) is 0 Å². The van der Waals surface area contributed by atoms with E-state index in [9.17, 15) is 4.79 Å². The monoisotopic (exact) mass is 355 g/mol. The number of allylic oxidation sites excluding steroid dienone is 9. The first-order chi connectivity index (χ1) is 12.2. The molecule has 0 saturated heterocycles.